The Labute approximate surface area is 187 Å². The third-order valence-corrected chi connectivity index (χ3v) is 7.68. The Kier molecular flexibility index (Phi) is 6.41. The zero-order valence-corrected chi connectivity index (χ0v) is 19.2. The summed E-state index contributed by atoms with van der Waals surface area (Å²) in [6.07, 6.45) is 2.20. The van der Waals surface area contributed by atoms with Gasteiger partial charge in [-0.05, 0) is 38.0 Å². The van der Waals surface area contributed by atoms with E-state index in [-0.39, 0.29) is 6.42 Å². The summed E-state index contributed by atoms with van der Waals surface area (Å²) in [5.41, 5.74) is 4.28. The van der Waals surface area contributed by atoms with Gasteiger partial charge in [-0.15, -0.1) is 0 Å². The molecule has 0 aliphatic carbocycles. The van der Waals surface area contributed by atoms with Gasteiger partial charge in [0.1, 0.15) is 11.7 Å². The van der Waals surface area contributed by atoms with Crippen LogP contribution in [0.5, 0.6) is 0 Å². The van der Waals surface area contributed by atoms with Gasteiger partial charge in [0.05, 0.1) is 11.4 Å². The molecule has 1 aromatic heterocycles. The van der Waals surface area contributed by atoms with E-state index in [9.17, 15) is 18.3 Å². The molecule has 2 atom stereocenters. The Morgan fingerprint density at radius 2 is 1.72 bits per heavy atom. The number of pyridine rings is 1. The summed E-state index contributed by atoms with van der Waals surface area (Å²) in [7, 11) is -3.82. The van der Waals surface area contributed by atoms with Crippen LogP contribution in [0.15, 0.2) is 47.8 Å². The van der Waals surface area contributed by atoms with Crippen molar-refractivity contribution in [3.63, 3.8) is 0 Å². The number of benzene rings is 1. The standard InChI is InChI=1S/C22H27N3O6S/c1-21(2,27)19-10-9-16(13-23-19)14-5-7-15(8-6-14)18-11-17(31-25-18)12-22(3,20(26)24-28)32(4,29)30/h5-10,13,17,27-28H,11-12H2,1-4H3,(H,24,26)/t17-,22?/m1/s1. The lowest BCUT2D eigenvalue weighted by atomic mass is 9.95. The van der Waals surface area contributed by atoms with E-state index in [1.54, 1.807) is 26.1 Å². The fourth-order valence-corrected chi connectivity index (χ4v) is 4.33. The smallest absolute Gasteiger partial charge is 0.264 e. The Bertz CT molecular complexity index is 1120. The SMILES string of the molecule is CC(C)(O)c1ccc(-c2ccc(C3=NO[C@@H](CC(C)(C(=O)NO)S(C)(=O)=O)C3)cc2)cn1. The van der Waals surface area contributed by atoms with Gasteiger partial charge in [-0.1, -0.05) is 35.5 Å². The van der Waals surface area contributed by atoms with Gasteiger partial charge < -0.3 is 9.94 Å². The molecule has 2 aromatic rings. The molecular formula is C22H27N3O6S. The molecule has 1 unspecified atom stereocenters. The number of carbonyl (C=O) groups is 1. The number of nitrogens with one attached hydrogen (secondary N) is 1. The van der Waals surface area contributed by atoms with Gasteiger partial charge >= 0.3 is 0 Å². The van der Waals surface area contributed by atoms with E-state index in [2.05, 4.69) is 10.1 Å². The molecule has 0 spiro atoms. The maximum Gasteiger partial charge on any atom is 0.264 e. The maximum atomic E-state index is 12.2. The highest BCUT2D eigenvalue weighted by atomic mass is 32.2. The molecule has 32 heavy (non-hydrogen) atoms. The van der Waals surface area contributed by atoms with Crippen molar-refractivity contribution in [2.75, 3.05) is 6.26 Å². The molecule has 1 aliphatic heterocycles. The number of oxime groups is 1. The van der Waals surface area contributed by atoms with Crippen LogP contribution in [0, 0.1) is 0 Å². The molecule has 0 saturated heterocycles. The van der Waals surface area contributed by atoms with E-state index < -0.39 is 32.2 Å². The van der Waals surface area contributed by atoms with E-state index in [1.807, 2.05) is 30.3 Å². The van der Waals surface area contributed by atoms with Gasteiger partial charge in [0.2, 0.25) is 0 Å². The fourth-order valence-electron chi connectivity index (χ4n) is 3.46. The minimum Gasteiger partial charge on any atom is -0.392 e. The monoisotopic (exact) mass is 461 g/mol. The minimum atomic E-state index is -3.82. The molecule has 172 valence electrons. The maximum absolute atomic E-state index is 12.2. The third-order valence-electron chi connectivity index (χ3n) is 5.69. The average molecular weight is 462 g/mol. The summed E-state index contributed by atoms with van der Waals surface area (Å²) in [6.45, 7) is 4.60. The van der Waals surface area contributed by atoms with E-state index in [0.717, 1.165) is 22.9 Å². The Hall–Kier alpha value is -2.82. The summed E-state index contributed by atoms with van der Waals surface area (Å²) in [4.78, 5) is 21.7. The van der Waals surface area contributed by atoms with Crippen molar-refractivity contribution in [1.29, 1.82) is 0 Å². The number of aromatic nitrogens is 1. The average Bonchev–Trinajstić information content (AvgIpc) is 3.20. The summed E-state index contributed by atoms with van der Waals surface area (Å²) in [5, 5.41) is 23.1. The molecule has 0 saturated carbocycles. The van der Waals surface area contributed by atoms with Crippen LogP contribution in [0.4, 0.5) is 0 Å². The van der Waals surface area contributed by atoms with Crippen LogP contribution in [0.2, 0.25) is 0 Å². The highest BCUT2D eigenvalue weighted by Crippen LogP contribution is 2.30. The number of hydrogen-bond donors (Lipinski definition) is 3. The van der Waals surface area contributed by atoms with Crippen molar-refractivity contribution in [2.45, 2.75) is 50.1 Å². The van der Waals surface area contributed by atoms with Gasteiger partial charge in [0, 0.05) is 30.9 Å². The number of aliphatic hydroxyl groups is 1. The van der Waals surface area contributed by atoms with E-state index in [0.29, 0.717) is 17.8 Å². The van der Waals surface area contributed by atoms with Crippen LogP contribution in [0.1, 0.15) is 44.9 Å². The van der Waals surface area contributed by atoms with E-state index in [1.165, 1.54) is 12.4 Å². The Morgan fingerprint density at radius 3 is 2.22 bits per heavy atom. The van der Waals surface area contributed by atoms with Crippen LogP contribution >= 0.6 is 0 Å². The number of sulfone groups is 1. The van der Waals surface area contributed by atoms with Crippen LogP contribution in [-0.4, -0.2) is 52.4 Å². The molecule has 9 nitrogen and oxygen atoms in total. The summed E-state index contributed by atoms with van der Waals surface area (Å²) >= 11 is 0. The van der Waals surface area contributed by atoms with Crippen LogP contribution in [0.3, 0.4) is 0 Å². The lowest BCUT2D eigenvalue weighted by molar-refractivity contribution is -0.132. The topological polar surface area (TPSA) is 138 Å². The van der Waals surface area contributed by atoms with Crippen molar-refractivity contribution >= 4 is 21.5 Å². The normalized spacial score (nSPS) is 18.4. The third kappa shape index (κ3) is 4.82. The molecule has 0 fully saturated rings. The Morgan fingerprint density at radius 1 is 1.12 bits per heavy atom. The van der Waals surface area contributed by atoms with Crippen molar-refractivity contribution in [3.05, 3.63) is 53.9 Å². The number of rotatable bonds is 7. The molecule has 3 rings (SSSR count). The number of nitrogens with zero attached hydrogens (tertiary/aromatic N) is 2. The zero-order chi connectivity index (χ0) is 23.7. The second kappa shape index (κ2) is 8.61. The van der Waals surface area contributed by atoms with Crippen LogP contribution in [0.25, 0.3) is 11.1 Å². The molecule has 1 aromatic carbocycles. The molecule has 1 aliphatic rings. The zero-order valence-electron chi connectivity index (χ0n) is 18.4. The van der Waals surface area contributed by atoms with Crippen molar-refractivity contribution in [2.24, 2.45) is 5.16 Å². The van der Waals surface area contributed by atoms with Crippen LogP contribution in [-0.2, 0) is 25.1 Å². The first-order valence-corrected chi connectivity index (χ1v) is 11.9. The number of carbonyl (C=O) groups excluding carboxylic acids is 1. The second-order valence-corrected chi connectivity index (χ2v) is 11.1. The van der Waals surface area contributed by atoms with Gasteiger partial charge in [-0.3, -0.25) is 15.0 Å². The quantitative estimate of drug-likeness (QED) is 0.424. The summed E-state index contributed by atoms with van der Waals surface area (Å²) in [5.74, 6) is -1.01. The van der Waals surface area contributed by atoms with E-state index >= 15 is 0 Å². The molecule has 3 N–H and O–H groups in total. The molecule has 0 bridgehead atoms. The highest BCUT2D eigenvalue weighted by molar-refractivity contribution is 7.92. The number of hydrogen-bond acceptors (Lipinski definition) is 8. The molecule has 1 amide bonds. The predicted octanol–water partition coefficient (Wildman–Crippen LogP) is 2.17. The lowest BCUT2D eigenvalue weighted by Crippen LogP contribution is -2.51. The van der Waals surface area contributed by atoms with E-state index in [4.69, 9.17) is 10.0 Å². The number of hydroxylamine groups is 1. The first-order chi connectivity index (χ1) is 14.8. The molecule has 0 radical (unpaired) electrons. The van der Waals surface area contributed by atoms with Crippen LogP contribution < -0.4 is 5.48 Å². The molecular weight excluding hydrogens is 434 g/mol. The highest BCUT2D eigenvalue weighted by Gasteiger charge is 2.47. The van der Waals surface area contributed by atoms with Gasteiger partial charge in [-0.25, -0.2) is 13.9 Å². The van der Waals surface area contributed by atoms with Gasteiger partial charge in [0.15, 0.2) is 14.6 Å². The van der Waals surface area contributed by atoms with Crippen molar-refractivity contribution in [1.82, 2.24) is 10.5 Å². The lowest BCUT2D eigenvalue weighted by Gasteiger charge is -2.26. The predicted molar refractivity (Wildman–Crippen MR) is 119 cm³/mol. The molecule has 10 heteroatoms. The summed E-state index contributed by atoms with van der Waals surface area (Å²) in [6, 6.07) is 11.2. The Balaban J connectivity index is 1.71. The second-order valence-electron chi connectivity index (χ2n) is 8.69. The van der Waals surface area contributed by atoms with Gasteiger partial charge in [0.25, 0.3) is 5.91 Å². The van der Waals surface area contributed by atoms with Crippen molar-refractivity contribution in [3.8, 4) is 11.1 Å². The first kappa shape index (κ1) is 23.8. The minimum absolute atomic E-state index is 0.150. The first-order valence-electron chi connectivity index (χ1n) is 10.0. The largest absolute Gasteiger partial charge is 0.392 e. The summed E-state index contributed by atoms with van der Waals surface area (Å²) < 4.78 is 22.5. The molecule has 2 heterocycles. The fraction of sp³-hybridized carbons (Fsp3) is 0.409. The van der Waals surface area contributed by atoms with Crippen molar-refractivity contribution < 1.29 is 28.4 Å². The number of amides is 1. The van der Waals surface area contributed by atoms with Gasteiger partial charge in [-0.2, -0.15) is 0 Å².